The lowest BCUT2D eigenvalue weighted by atomic mass is 10.2. The minimum atomic E-state index is -0.336. The van der Waals surface area contributed by atoms with Crippen molar-refractivity contribution in [3.63, 3.8) is 0 Å². The third kappa shape index (κ3) is 4.34. The topological polar surface area (TPSA) is 55.8 Å². The van der Waals surface area contributed by atoms with Crippen LogP contribution in [0.4, 0.5) is 0 Å². The lowest BCUT2D eigenvalue weighted by Crippen LogP contribution is -2.37. The molecule has 98 valence electrons. The molecule has 0 aromatic heterocycles. The van der Waals surface area contributed by atoms with Gasteiger partial charge in [0.1, 0.15) is 6.10 Å². The summed E-state index contributed by atoms with van der Waals surface area (Å²) in [5.41, 5.74) is 0. The number of carbonyl (C=O) groups excluding carboxylic acids is 2. The summed E-state index contributed by atoms with van der Waals surface area (Å²) >= 11 is 0. The van der Waals surface area contributed by atoms with Crippen molar-refractivity contribution < 1.29 is 19.1 Å². The molecule has 5 nitrogen and oxygen atoms in total. The normalized spacial score (nSPS) is 23.5. The van der Waals surface area contributed by atoms with E-state index in [1.807, 2.05) is 6.92 Å². The minimum absolute atomic E-state index is 0.0429. The first kappa shape index (κ1) is 14.0. The molecule has 0 spiro atoms. The molecular formula is C12H21NO4. The molecule has 0 aromatic carbocycles. The summed E-state index contributed by atoms with van der Waals surface area (Å²) in [5.74, 6) is -0.313. The zero-order valence-corrected chi connectivity index (χ0v) is 10.8. The average molecular weight is 243 g/mol. The molecule has 2 unspecified atom stereocenters. The van der Waals surface area contributed by atoms with Gasteiger partial charge in [0, 0.05) is 13.6 Å². The molecule has 0 N–H and O–H groups in total. The van der Waals surface area contributed by atoms with Crippen LogP contribution < -0.4 is 0 Å². The van der Waals surface area contributed by atoms with Crippen LogP contribution in [0.25, 0.3) is 0 Å². The summed E-state index contributed by atoms with van der Waals surface area (Å²) in [6.07, 6.45) is 1.74. The zero-order valence-electron chi connectivity index (χ0n) is 10.8. The summed E-state index contributed by atoms with van der Waals surface area (Å²) in [7, 11) is 1.69. The fourth-order valence-electron chi connectivity index (χ4n) is 1.83. The van der Waals surface area contributed by atoms with E-state index in [4.69, 9.17) is 9.47 Å². The molecule has 0 saturated carbocycles. The third-order valence-electron chi connectivity index (χ3n) is 2.84. The van der Waals surface area contributed by atoms with Gasteiger partial charge in [0.2, 0.25) is 0 Å². The lowest BCUT2D eigenvalue weighted by molar-refractivity contribution is -0.145. The maximum absolute atomic E-state index is 11.9. The molecule has 1 saturated heterocycles. The highest BCUT2D eigenvalue weighted by Gasteiger charge is 2.30. The standard InChI is InChI=1S/C12H21NO4/c1-4-16-11(14)7-8-13(3)12(15)10-6-5-9(2)17-10/h9-10H,4-8H2,1-3H3. The van der Waals surface area contributed by atoms with Crippen molar-refractivity contribution in [2.75, 3.05) is 20.2 Å². The summed E-state index contributed by atoms with van der Waals surface area (Å²) in [5, 5.41) is 0. The molecule has 1 heterocycles. The molecule has 1 amide bonds. The number of amides is 1. The molecule has 1 rings (SSSR count). The fraction of sp³-hybridized carbons (Fsp3) is 0.833. The van der Waals surface area contributed by atoms with Crippen LogP contribution in [0.1, 0.15) is 33.1 Å². The Kier molecular flexibility index (Phi) is 5.41. The number of rotatable bonds is 5. The van der Waals surface area contributed by atoms with Gasteiger partial charge in [-0.1, -0.05) is 0 Å². The highest BCUT2D eigenvalue weighted by atomic mass is 16.5. The Morgan fingerprint density at radius 1 is 1.41 bits per heavy atom. The van der Waals surface area contributed by atoms with Crippen molar-refractivity contribution in [2.45, 2.75) is 45.3 Å². The number of esters is 1. The Labute approximate surface area is 102 Å². The van der Waals surface area contributed by atoms with Gasteiger partial charge in [-0.15, -0.1) is 0 Å². The monoisotopic (exact) mass is 243 g/mol. The van der Waals surface area contributed by atoms with E-state index in [0.717, 1.165) is 12.8 Å². The van der Waals surface area contributed by atoms with Crippen LogP contribution in [0.15, 0.2) is 0 Å². The Balaban J connectivity index is 2.29. The zero-order chi connectivity index (χ0) is 12.8. The van der Waals surface area contributed by atoms with Crippen LogP contribution in [0.5, 0.6) is 0 Å². The number of nitrogens with zero attached hydrogens (tertiary/aromatic N) is 1. The molecular weight excluding hydrogens is 222 g/mol. The largest absolute Gasteiger partial charge is 0.466 e. The molecule has 2 atom stereocenters. The Hall–Kier alpha value is -1.10. The van der Waals surface area contributed by atoms with Crippen LogP contribution in [-0.4, -0.2) is 49.2 Å². The maximum atomic E-state index is 11.9. The predicted molar refractivity (Wildman–Crippen MR) is 62.5 cm³/mol. The molecule has 17 heavy (non-hydrogen) atoms. The highest BCUT2D eigenvalue weighted by Crippen LogP contribution is 2.20. The van der Waals surface area contributed by atoms with E-state index in [2.05, 4.69) is 0 Å². The van der Waals surface area contributed by atoms with E-state index in [1.165, 1.54) is 0 Å². The van der Waals surface area contributed by atoms with Gasteiger partial charge < -0.3 is 14.4 Å². The average Bonchev–Trinajstić information content (AvgIpc) is 2.72. The van der Waals surface area contributed by atoms with Gasteiger partial charge in [-0.25, -0.2) is 0 Å². The molecule has 1 aliphatic heterocycles. The number of ether oxygens (including phenoxy) is 2. The van der Waals surface area contributed by atoms with E-state index in [1.54, 1.807) is 18.9 Å². The van der Waals surface area contributed by atoms with Crippen molar-refractivity contribution in [1.82, 2.24) is 4.90 Å². The third-order valence-corrected chi connectivity index (χ3v) is 2.84. The van der Waals surface area contributed by atoms with Crippen molar-refractivity contribution in [1.29, 1.82) is 0 Å². The maximum Gasteiger partial charge on any atom is 0.307 e. The first-order valence-corrected chi connectivity index (χ1v) is 6.10. The second-order valence-corrected chi connectivity index (χ2v) is 4.33. The van der Waals surface area contributed by atoms with E-state index in [-0.39, 0.29) is 30.5 Å². The summed E-state index contributed by atoms with van der Waals surface area (Å²) in [4.78, 5) is 24.6. The van der Waals surface area contributed by atoms with E-state index in [9.17, 15) is 9.59 Å². The first-order chi connectivity index (χ1) is 8.04. The van der Waals surface area contributed by atoms with Crippen molar-refractivity contribution >= 4 is 11.9 Å². The quantitative estimate of drug-likeness (QED) is 0.675. The predicted octanol–water partition coefficient (Wildman–Crippen LogP) is 0.965. The van der Waals surface area contributed by atoms with Gasteiger partial charge in [-0.05, 0) is 26.7 Å². The number of likely N-dealkylation sites (N-methyl/N-ethyl adjacent to an activating group) is 1. The van der Waals surface area contributed by atoms with Crippen molar-refractivity contribution in [2.24, 2.45) is 0 Å². The Morgan fingerprint density at radius 3 is 2.65 bits per heavy atom. The molecule has 5 heteroatoms. The molecule has 0 aliphatic carbocycles. The van der Waals surface area contributed by atoms with E-state index >= 15 is 0 Å². The van der Waals surface area contributed by atoms with Gasteiger partial charge in [0.25, 0.3) is 5.91 Å². The van der Waals surface area contributed by atoms with Gasteiger partial charge in [-0.3, -0.25) is 9.59 Å². The molecule has 0 bridgehead atoms. The SMILES string of the molecule is CCOC(=O)CCN(C)C(=O)C1CCC(C)O1. The Morgan fingerprint density at radius 2 is 2.12 bits per heavy atom. The van der Waals surface area contributed by atoms with Crippen LogP contribution in [0.3, 0.4) is 0 Å². The van der Waals surface area contributed by atoms with Crippen LogP contribution in [0, 0.1) is 0 Å². The highest BCUT2D eigenvalue weighted by molar-refractivity contribution is 5.81. The molecule has 0 aromatic rings. The van der Waals surface area contributed by atoms with Crippen LogP contribution in [-0.2, 0) is 19.1 Å². The number of carbonyl (C=O) groups is 2. The van der Waals surface area contributed by atoms with Gasteiger partial charge in [0.15, 0.2) is 0 Å². The number of hydrogen-bond donors (Lipinski definition) is 0. The van der Waals surface area contributed by atoms with Crippen molar-refractivity contribution in [3.8, 4) is 0 Å². The van der Waals surface area contributed by atoms with Crippen molar-refractivity contribution in [3.05, 3.63) is 0 Å². The summed E-state index contributed by atoms with van der Waals surface area (Å²) in [6, 6.07) is 0. The second-order valence-electron chi connectivity index (χ2n) is 4.33. The molecule has 1 aliphatic rings. The smallest absolute Gasteiger partial charge is 0.307 e. The number of hydrogen-bond acceptors (Lipinski definition) is 4. The van der Waals surface area contributed by atoms with Gasteiger partial charge >= 0.3 is 5.97 Å². The van der Waals surface area contributed by atoms with E-state index in [0.29, 0.717) is 13.2 Å². The fourth-order valence-corrected chi connectivity index (χ4v) is 1.83. The van der Waals surface area contributed by atoms with E-state index < -0.39 is 0 Å². The van der Waals surface area contributed by atoms with Gasteiger partial charge in [-0.2, -0.15) is 0 Å². The van der Waals surface area contributed by atoms with Crippen LogP contribution in [0.2, 0.25) is 0 Å². The molecule has 0 radical (unpaired) electrons. The summed E-state index contributed by atoms with van der Waals surface area (Å²) < 4.78 is 10.3. The lowest BCUT2D eigenvalue weighted by Gasteiger charge is -2.20. The Bertz CT molecular complexity index is 280. The van der Waals surface area contributed by atoms with Crippen LogP contribution >= 0.6 is 0 Å². The van der Waals surface area contributed by atoms with Gasteiger partial charge in [0.05, 0.1) is 19.1 Å². The second kappa shape index (κ2) is 6.59. The molecule has 1 fully saturated rings. The summed E-state index contributed by atoms with van der Waals surface area (Å²) in [6.45, 7) is 4.48. The minimum Gasteiger partial charge on any atom is -0.466 e. The first-order valence-electron chi connectivity index (χ1n) is 6.10.